The minimum Gasteiger partial charge on any atom is -0.439 e. The van der Waals surface area contributed by atoms with Gasteiger partial charge in [-0.3, -0.25) is 9.36 Å². The Bertz CT molecular complexity index is 853. The number of halogens is 1. The highest BCUT2D eigenvalue weighted by Crippen LogP contribution is 2.19. The summed E-state index contributed by atoms with van der Waals surface area (Å²) in [6.45, 7) is 1.99. The predicted octanol–water partition coefficient (Wildman–Crippen LogP) is 2.09. The summed E-state index contributed by atoms with van der Waals surface area (Å²) in [5.74, 6) is 1.04. The lowest BCUT2D eigenvalue weighted by Gasteiger charge is -2.06. The van der Waals surface area contributed by atoms with E-state index in [2.05, 4.69) is 25.9 Å². The maximum absolute atomic E-state index is 12.0. The monoisotopic (exact) mass is 334 g/mol. The Kier molecular flexibility index (Phi) is 3.06. The smallest absolute Gasteiger partial charge is 0.268 e. The molecule has 7 heteroatoms. The highest BCUT2D eigenvalue weighted by molar-refractivity contribution is 9.10. The van der Waals surface area contributed by atoms with Gasteiger partial charge in [-0.1, -0.05) is 0 Å². The second kappa shape index (κ2) is 4.75. The van der Waals surface area contributed by atoms with Crippen LogP contribution < -0.4 is 11.3 Å². The molecule has 0 unspecified atom stereocenters. The summed E-state index contributed by atoms with van der Waals surface area (Å²) in [6.07, 6.45) is 1.49. The van der Waals surface area contributed by atoms with Crippen molar-refractivity contribution in [3.05, 3.63) is 50.9 Å². The van der Waals surface area contributed by atoms with Gasteiger partial charge in [-0.2, -0.15) is 0 Å². The van der Waals surface area contributed by atoms with Crippen LogP contribution in [0.5, 0.6) is 0 Å². The molecule has 20 heavy (non-hydrogen) atoms. The van der Waals surface area contributed by atoms with Gasteiger partial charge < -0.3 is 10.2 Å². The van der Waals surface area contributed by atoms with E-state index in [1.807, 2.05) is 0 Å². The molecule has 3 aromatic rings. The molecule has 102 valence electrons. The van der Waals surface area contributed by atoms with Crippen LogP contribution in [0.1, 0.15) is 11.7 Å². The van der Waals surface area contributed by atoms with Crippen LogP contribution in [0.25, 0.3) is 11.1 Å². The van der Waals surface area contributed by atoms with Gasteiger partial charge in [0.1, 0.15) is 22.4 Å². The number of hydrogen-bond donors (Lipinski definition) is 1. The molecule has 0 atom stereocenters. The van der Waals surface area contributed by atoms with E-state index in [4.69, 9.17) is 10.2 Å². The van der Waals surface area contributed by atoms with E-state index in [-0.39, 0.29) is 12.1 Å². The first-order valence-electron chi connectivity index (χ1n) is 5.91. The van der Waals surface area contributed by atoms with E-state index in [0.717, 1.165) is 0 Å². The molecule has 2 N–H and O–H groups in total. The van der Waals surface area contributed by atoms with Crippen LogP contribution in [-0.2, 0) is 6.54 Å². The Labute approximate surface area is 122 Å². The Morgan fingerprint density at radius 1 is 1.45 bits per heavy atom. The Hall–Kier alpha value is -2.15. The average molecular weight is 335 g/mol. The molecule has 6 nitrogen and oxygen atoms in total. The van der Waals surface area contributed by atoms with E-state index in [1.54, 1.807) is 25.1 Å². The molecule has 0 aliphatic heterocycles. The van der Waals surface area contributed by atoms with E-state index < -0.39 is 0 Å². The molecule has 0 bridgehead atoms. The van der Waals surface area contributed by atoms with Crippen molar-refractivity contribution in [3.8, 4) is 0 Å². The zero-order valence-corrected chi connectivity index (χ0v) is 12.2. The van der Waals surface area contributed by atoms with Crippen LogP contribution >= 0.6 is 15.9 Å². The van der Waals surface area contributed by atoms with E-state index in [0.29, 0.717) is 33.0 Å². The van der Waals surface area contributed by atoms with Crippen molar-refractivity contribution in [2.75, 3.05) is 5.73 Å². The number of oxazole rings is 1. The quantitative estimate of drug-likeness (QED) is 0.725. The van der Waals surface area contributed by atoms with Crippen molar-refractivity contribution in [1.82, 2.24) is 14.5 Å². The summed E-state index contributed by atoms with van der Waals surface area (Å²) < 4.78 is 7.51. The normalized spacial score (nSPS) is 11.1. The van der Waals surface area contributed by atoms with Crippen molar-refractivity contribution < 1.29 is 4.42 Å². The molecule has 0 spiro atoms. The number of benzene rings is 1. The van der Waals surface area contributed by atoms with Crippen molar-refractivity contribution in [1.29, 1.82) is 0 Å². The molecule has 0 aliphatic carbocycles. The van der Waals surface area contributed by atoms with Gasteiger partial charge >= 0.3 is 0 Å². The van der Waals surface area contributed by atoms with Crippen LogP contribution in [0.2, 0.25) is 0 Å². The molecule has 0 fully saturated rings. The number of nitrogens with two attached hydrogens (primary N) is 1. The Balaban J connectivity index is 2.05. The third-order valence-electron chi connectivity index (χ3n) is 2.95. The van der Waals surface area contributed by atoms with Crippen LogP contribution in [0, 0.1) is 6.92 Å². The van der Waals surface area contributed by atoms with Crippen LogP contribution in [0.4, 0.5) is 5.69 Å². The molecule has 0 amide bonds. The van der Waals surface area contributed by atoms with Crippen molar-refractivity contribution in [2.24, 2.45) is 0 Å². The molecular weight excluding hydrogens is 324 g/mol. The number of fused-ring (bicyclic) bond motifs is 1. The maximum Gasteiger partial charge on any atom is 0.268 e. The van der Waals surface area contributed by atoms with Gasteiger partial charge in [0.2, 0.25) is 5.89 Å². The SMILES string of the molecule is Cc1ncc(Br)c(=O)n1Cc1nc2ccc(N)cc2o1. The van der Waals surface area contributed by atoms with Gasteiger partial charge in [-0.25, -0.2) is 9.97 Å². The number of aromatic nitrogens is 3. The number of aryl methyl sites for hydroxylation is 1. The number of nitrogens with zero attached hydrogens (tertiary/aromatic N) is 3. The van der Waals surface area contributed by atoms with Gasteiger partial charge in [0.25, 0.3) is 5.56 Å². The molecule has 0 aliphatic rings. The van der Waals surface area contributed by atoms with E-state index in [1.165, 1.54) is 10.8 Å². The second-order valence-corrected chi connectivity index (χ2v) is 5.23. The summed E-state index contributed by atoms with van der Waals surface area (Å²) in [6, 6.07) is 5.25. The minimum absolute atomic E-state index is 0.167. The first-order valence-corrected chi connectivity index (χ1v) is 6.71. The summed E-state index contributed by atoms with van der Waals surface area (Å²) in [4.78, 5) is 20.5. The molecule has 3 rings (SSSR count). The van der Waals surface area contributed by atoms with Crippen LogP contribution in [0.15, 0.2) is 38.1 Å². The van der Waals surface area contributed by atoms with Gasteiger partial charge in [0, 0.05) is 18.0 Å². The van der Waals surface area contributed by atoms with Crippen LogP contribution in [0.3, 0.4) is 0 Å². The molecule has 1 aromatic carbocycles. The van der Waals surface area contributed by atoms with Gasteiger partial charge in [-0.15, -0.1) is 0 Å². The fraction of sp³-hybridized carbons (Fsp3) is 0.154. The lowest BCUT2D eigenvalue weighted by Crippen LogP contribution is -2.24. The number of anilines is 1. The minimum atomic E-state index is -0.167. The zero-order valence-electron chi connectivity index (χ0n) is 10.6. The van der Waals surface area contributed by atoms with Gasteiger partial charge in [0.15, 0.2) is 5.58 Å². The number of nitrogen functional groups attached to an aromatic ring is 1. The second-order valence-electron chi connectivity index (χ2n) is 4.38. The zero-order chi connectivity index (χ0) is 14.3. The van der Waals surface area contributed by atoms with Crippen molar-refractivity contribution in [2.45, 2.75) is 13.5 Å². The average Bonchev–Trinajstić information content (AvgIpc) is 2.81. The number of rotatable bonds is 2. The van der Waals surface area contributed by atoms with E-state index in [9.17, 15) is 4.79 Å². The Morgan fingerprint density at radius 3 is 3.05 bits per heavy atom. The fourth-order valence-electron chi connectivity index (χ4n) is 1.93. The van der Waals surface area contributed by atoms with Crippen LogP contribution in [-0.4, -0.2) is 14.5 Å². The third kappa shape index (κ3) is 2.20. The molecule has 2 heterocycles. The van der Waals surface area contributed by atoms with Crippen molar-refractivity contribution >= 4 is 32.7 Å². The molecule has 0 saturated heterocycles. The van der Waals surface area contributed by atoms with Gasteiger partial charge in [0.05, 0.1) is 0 Å². The largest absolute Gasteiger partial charge is 0.439 e. The summed E-state index contributed by atoms with van der Waals surface area (Å²) in [7, 11) is 0. The fourth-order valence-corrected chi connectivity index (χ4v) is 2.25. The van der Waals surface area contributed by atoms with Crippen molar-refractivity contribution in [3.63, 3.8) is 0 Å². The topological polar surface area (TPSA) is 86.9 Å². The summed E-state index contributed by atoms with van der Waals surface area (Å²) >= 11 is 3.17. The predicted molar refractivity (Wildman–Crippen MR) is 78.5 cm³/mol. The summed E-state index contributed by atoms with van der Waals surface area (Å²) in [5.41, 5.74) is 7.45. The lowest BCUT2D eigenvalue weighted by molar-refractivity contribution is 0.496. The molecule has 0 saturated carbocycles. The standard InChI is InChI=1S/C13H11BrN4O2/c1-7-16-5-9(14)13(19)18(7)6-12-17-10-3-2-8(15)4-11(10)20-12/h2-5H,6,15H2,1H3. The molecule has 2 aromatic heterocycles. The highest BCUT2D eigenvalue weighted by atomic mass is 79.9. The Morgan fingerprint density at radius 2 is 2.25 bits per heavy atom. The third-order valence-corrected chi connectivity index (χ3v) is 3.50. The molecular formula is C13H11BrN4O2. The number of hydrogen-bond acceptors (Lipinski definition) is 5. The highest BCUT2D eigenvalue weighted by Gasteiger charge is 2.11. The lowest BCUT2D eigenvalue weighted by atomic mass is 10.3. The van der Waals surface area contributed by atoms with Gasteiger partial charge in [-0.05, 0) is 35.0 Å². The maximum atomic E-state index is 12.0. The first kappa shape index (κ1) is 12.9. The first-order chi connectivity index (χ1) is 9.54. The van der Waals surface area contributed by atoms with E-state index >= 15 is 0 Å². The summed E-state index contributed by atoms with van der Waals surface area (Å²) in [5, 5.41) is 0. The molecule has 0 radical (unpaired) electrons.